The summed E-state index contributed by atoms with van der Waals surface area (Å²) in [6.07, 6.45) is 0. The smallest absolute Gasteiger partial charge is 0.359 e. The van der Waals surface area contributed by atoms with Gasteiger partial charge < -0.3 is 10.1 Å². The predicted octanol–water partition coefficient (Wildman–Crippen LogP) is 1.29. The molecule has 3 aromatic rings. The second kappa shape index (κ2) is 8.41. The highest BCUT2D eigenvalue weighted by molar-refractivity contribution is 7.89. The van der Waals surface area contributed by atoms with E-state index in [-0.39, 0.29) is 17.1 Å². The molecular weight excluding hydrogens is 396 g/mol. The van der Waals surface area contributed by atoms with Gasteiger partial charge in [0.25, 0.3) is 5.91 Å². The van der Waals surface area contributed by atoms with Crippen molar-refractivity contribution in [3.05, 3.63) is 59.8 Å². The lowest BCUT2D eigenvalue weighted by Crippen LogP contribution is -2.30. The van der Waals surface area contributed by atoms with Gasteiger partial charge in [-0.1, -0.05) is 36.4 Å². The number of ether oxygens (including phenoxy) is 1. The van der Waals surface area contributed by atoms with Gasteiger partial charge in [0.05, 0.1) is 10.4 Å². The fraction of sp³-hybridized carbons (Fsp3) is 0.211. The fourth-order valence-electron chi connectivity index (χ4n) is 2.66. The summed E-state index contributed by atoms with van der Waals surface area (Å²) in [5.41, 5.74) is 1.21. The number of H-pyrrole nitrogens is 1. The number of benzene rings is 2. The van der Waals surface area contributed by atoms with Crippen LogP contribution in [0, 0.1) is 0 Å². The summed E-state index contributed by atoms with van der Waals surface area (Å²) in [5.74, 6) is -1.29. The number of para-hydroxylation sites is 1. The minimum absolute atomic E-state index is 0.0229. The Kier molecular flexibility index (Phi) is 5.95. The molecule has 0 aliphatic heterocycles. The summed E-state index contributed by atoms with van der Waals surface area (Å²) in [4.78, 5) is 24.4. The Morgan fingerprint density at radius 2 is 1.79 bits per heavy atom. The van der Waals surface area contributed by atoms with Crippen LogP contribution in [0.2, 0.25) is 0 Å². The Labute approximate surface area is 167 Å². The van der Waals surface area contributed by atoms with Crippen molar-refractivity contribution in [3.63, 3.8) is 0 Å². The number of hydrogen-bond donors (Lipinski definition) is 2. The average Bonchev–Trinajstić information content (AvgIpc) is 3.14. The average molecular weight is 416 g/mol. The second-order valence-corrected chi connectivity index (χ2v) is 8.49. The topological polar surface area (TPSA) is 121 Å². The van der Waals surface area contributed by atoms with Crippen molar-refractivity contribution in [2.45, 2.75) is 11.4 Å². The van der Waals surface area contributed by atoms with Gasteiger partial charge in [0.15, 0.2) is 12.3 Å². The molecule has 1 heterocycles. The van der Waals surface area contributed by atoms with E-state index in [0.717, 1.165) is 4.31 Å². The summed E-state index contributed by atoms with van der Waals surface area (Å²) in [6.45, 7) is -0.534. The molecule has 1 amide bonds. The summed E-state index contributed by atoms with van der Waals surface area (Å²) >= 11 is 0. The number of carbonyl (C=O) groups excluding carboxylic acids is 2. The van der Waals surface area contributed by atoms with Gasteiger partial charge in [-0.25, -0.2) is 17.5 Å². The lowest BCUT2D eigenvalue weighted by Gasteiger charge is -2.15. The van der Waals surface area contributed by atoms with Crippen molar-refractivity contribution in [2.24, 2.45) is 0 Å². The van der Waals surface area contributed by atoms with Crippen LogP contribution < -0.4 is 5.32 Å². The number of aromatic nitrogens is 2. The van der Waals surface area contributed by atoms with Gasteiger partial charge in [-0.05, 0) is 17.7 Å². The van der Waals surface area contributed by atoms with Crippen LogP contribution in [-0.2, 0) is 26.1 Å². The number of aromatic amines is 1. The first-order valence-electron chi connectivity index (χ1n) is 8.68. The molecule has 0 spiro atoms. The lowest BCUT2D eigenvalue weighted by atomic mass is 10.2. The molecule has 152 valence electrons. The van der Waals surface area contributed by atoms with Crippen molar-refractivity contribution in [1.29, 1.82) is 0 Å². The molecule has 1 aromatic heterocycles. The number of esters is 1. The molecule has 0 bridgehead atoms. The highest BCUT2D eigenvalue weighted by atomic mass is 32.2. The van der Waals surface area contributed by atoms with Crippen LogP contribution >= 0.6 is 0 Å². The van der Waals surface area contributed by atoms with Crippen LogP contribution in [0.15, 0.2) is 53.4 Å². The summed E-state index contributed by atoms with van der Waals surface area (Å²) in [6, 6.07) is 13.4. The zero-order chi connectivity index (χ0) is 21.0. The molecule has 3 rings (SSSR count). The minimum atomic E-state index is -3.65. The number of carbonyl (C=O) groups is 2. The number of nitrogens with one attached hydrogen (secondary N) is 2. The molecule has 0 radical (unpaired) electrons. The van der Waals surface area contributed by atoms with Crippen molar-refractivity contribution < 1.29 is 22.7 Å². The number of rotatable bonds is 7. The quantitative estimate of drug-likeness (QED) is 0.560. The molecule has 29 heavy (non-hydrogen) atoms. The minimum Gasteiger partial charge on any atom is -0.451 e. The molecule has 0 saturated heterocycles. The molecule has 0 unspecified atom stereocenters. The molecule has 9 nitrogen and oxygen atoms in total. The number of sulfonamides is 1. The lowest BCUT2D eigenvalue weighted by molar-refractivity contribution is -0.124. The largest absolute Gasteiger partial charge is 0.451 e. The first-order valence-corrected chi connectivity index (χ1v) is 10.1. The summed E-state index contributed by atoms with van der Waals surface area (Å²) in [5, 5.41) is 9.80. The molecule has 0 aliphatic rings. The van der Waals surface area contributed by atoms with E-state index in [1.807, 2.05) is 0 Å². The van der Waals surface area contributed by atoms with E-state index >= 15 is 0 Å². The molecule has 0 fully saturated rings. The van der Waals surface area contributed by atoms with Crippen LogP contribution in [-0.4, -0.2) is 55.5 Å². The normalized spacial score (nSPS) is 11.6. The Morgan fingerprint density at radius 1 is 1.10 bits per heavy atom. The maximum Gasteiger partial charge on any atom is 0.359 e. The Morgan fingerprint density at radius 3 is 2.55 bits per heavy atom. The summed E-state index contributed by atoms with van der Waals surface area (Å²) < 4.78 is 30.9. The van der Waals surface area contributed by atoms with Gasteiger partial charge in [0, 0.05) is 26.0 Å². The van der Waals surface area contributed by atoms with Gasteiger partial charge in [0.1, 0.15) is 0 Å². The van der Waals surface area contributed by atoms with Gasteiger partial charge in [-0.3, -0.25) is 9.89 Å². The molecule has 0 aliphatic carbocycles. The third-order valence-electron chi connectivity index (χ3n) is 4.21. The molecule has 2 aromatic carbocycles. The SMILES string of the molecule is CN(C)S(=O)(=O)c1ccccc1CNC(=O)COC(=O)c1n[nH]c2ccccc12. The Hall–Kier alpha value is -3.24. The second-order valence-electron chi connectivity index (χ2n) is 6.37. The molecule has 0 atom stereocenters. The van der Waals surface area contributed by atoms with Crippen LogP contribution in [0.3, 0.4) is 0 Å². The Balaban J connectivity index is 1.61. The molecule has 0 saturated carbocycles. The van der Waals surface area contributed by atoms with Gasteiger partial charge in [0.2, 0.25) is 10.0 Å². The maximum atomic E-state index is 12.4. The highest BCUT2D eigenvalue weighted by Gasteiger charge is 2.21. The van der Waals surface area contributed by atoms with E-state index < -0.39 is 28.5 Å². The standard InChI is InChI=1S/C19H20N4O5S/c1-23(2)29(26,27)16-10-6-3-7-13(16)11-20-17(24)12-28-19(25)18-14-8-4-5-9-15(14)21-22-18/h3-10H,11-12H2,1-2H3,(H,20,24)(H,21,22). The molecule has 10 heteroatoms. The van der Waals surface area contributed by atoms with E-state index in [0.29, 0.717) is 16.5 Å². The molecular formula is C19H20N4O5S. The van der Waals surface area contributed by atoms with Gasteiger partial charge >= 0.3 is 5.97 Å². The number of nitrogens with zero attached hydrogens (tertiary/aromatic N) is 2. The van der Waals surface area contributed by atoms with E-state index in [1.165, 1.54) is 20.2 Å². The van der Waals surface area contributed by atoms with Crippen molar-refractivity contribution in [1.82, 2.24) is 19.8 Å². The van der Waals surface area contributed by atoms with E-state index in [4.69, 9.17) is 4.74 Å². The van der Waals surface area contributed by atoms with Gasteiger partial charge in [-0.2, -0.15) is 5.10 Å². The highest BCUT2D eigenvalue weighted by Crippen LogP contribution is 2.18. The molecule has 2 N–H and O–H groups in total. The Bertz CT molecular complexity index is 1150. The van der Waals surface area contributed by atoms with Crippen LogP contribution in [0.5, 0.6) is 0 Å². The van der Waals surface area contributed by atoms with Crippen molar-refractivity contribution >= 4 is 32.8 Å². The van der Waals surface area contributed by atoms with Gasteiger partial charge in [-0.15, -0.1) is 0 Å². The predicted molar refractivity (Wildman–Crippen MR) is 106 cm³/mol. The summed E-state index contributed by atoms with van der Waals surface area (Å²) in [7, 11) is -0.780. The number of hydrogen-bond acceptors (Lipinski definition) is 6. The van der Waals surface area contributed by atoms with Crippen LogP contribution in [0.4, 0.5) is 0 Å². The first kappa shape index (κ1) is 20.5. The number of fused-ring (bicyclic) bond motifs is 1. The first-order chi connectivity index (χ1) is 13.8. The van der Waals surface area contributed by atoms with Crippen molar-refractivity contribution in [3.8, 4) is 0 Å². The zero-order valence-electron chi connectivity index (χ0n) is 15.9. The monoisotopic (exact) mass is 416 g/mol. The van der Waals surface area contributed by atoms with Crippen molar-refractivity contribution in [2.75, 3.05) is 20.7 Å². The number of amides is 1. The van der Waals surface area contributed by atoms with Crippen LogP contribution in [0.1, 0.15) is 16.1 Å². The maximum absolute atomic E-state index is 12.4. The van der Waals surface area contributed by atoms with E-state index in [1.54, 1.807) is 42.5 Å². The van der Waals surface area contributed by atoms with E-state index in [2.05, 4.69) is 15.5 Å². The third-order valence-corrected chi connectivity index (χ3v) is 6.12. The van der Waals surface area contributed by atoms with E-state index in [9.17, 15) is 18.0 Å². The third kappa shape index (κ3) is 4.44. The van der Waals surface area contributed by atoms with Crippen LogP contribution in [0.25, 0.3) is 10.9 Å². The zero-order valence-corrected chi connectivity index (χ0v) is 16.7. The fourth-order valence-corrected chi connectivity index (χ4v) is 3.78.